The molecule has 2 N–H and O–H groups in total. The molecule has 2 aliphatic rings. The first-order valence-corrected chi connectivity index (χ1v) is 19.0. The molecule has 0 aliphatic carbocycles. The molecule has 308 valence electrons. The first-order chi connectivity index (χ1) is 26.0. The second-order valence-electron chi connectivity index (χ2n) is 16.2. The van der Waals surface area contributed by atoms with Crippen molar-refractivity contribution in [2.24, 2.45) is 0 Å². The number of nitrogens with one attached hydrogen (secondary N) is 1. The lowest BCUT2D eigenvalue weighted by atomic mass is 9.74. The van der Waals surface area contributed by atoms with E-state index < -0.39 is 58.7 Å². The predicted octanol–water partition coefficient (Wildman–Crippen LogP) is 3.34. The van der Waals surface area contributed by atoms with Crippen molar-refractivity contribution in [3.63, 3.8) is 0 Å². The average Bonchev–Trinajstić information content (AvgIpc) is 3.48. The molecule has 2 amide bonds. The molecule has 0 spiro atoms. The van der Waals surface area contributed by atoms with Crippen LogP contribution in [0.4, 0.5) is 0 Å². The number of aryl methyl sites for hydroxylation is 2. The lowest BCUT2D eigenvalue weighted by molar-refractivity contribution is -0.350. The van der Waals surface area contributed by atoms with E-state index >= 15 is 0 Å². The Bertz CT molecular complexity index is 1770. The van der Waals surface area contributed by atoms with Crippen LogP contribution >= 0.6 is 0 Å². The van der Waals surface area contributed by atoms with Crippen LogP contribution in [-0.4, -0.2) is 121 Å². The molecule has 2 fully saturated rings. The van der Waals surface area contributed by atoms with Crippen molar-refractivity contribution in [3.8, 4) is 0 Å². The molecule has 2 aromatic carbocycles. The fraction of sp³-hybridized carbons (Fsp3) is 0.595. The highest BCUT2D eigenvalue weighted by Gasteiger charge is 2.75. The minimum Gasteiger partial charge on any atom is -0.455 e. The second-order valence-corrected chi connectivity index (χ2v) is 16.2. The Labute approximate surface area is 330 Å². The van der Waals surface area contributed by atoms with Gasteiger partial charge in [0.25, 0.3) is 0 Å². The maximum atomic E-state index is 13.0. The summed E-state index contributed by atoms with van der Waals surface area (Å²) >= 11 is 0. The highest BCUT2D eigenvalue weighted by Crippen LogP contribution is 2.56. The third-order valence-corrected chi connectivity index (χ3v) is 10.8. The van der Waals surface area contributed by atoms with E-state index in [0.717, 1.165) is 22.3 Å². The van der Waals surface area contributed by atoms with Crippen LogP contribution in [0, 0.1) is 6.92 Å². The summed E-state index contributed by atoms with van der Waals surface area (Å²) in [6.45, 7) is 12.9. The maximum Gasteiger partial charge on any atom is 0.303 e. The molecule has 5 atom stereocenters. The van der Waals surface area contributed by atoms with Crippen LogP contribution in [0.1, 0.15) is 89.1 Å². The van der Waals surface area contributed by atoms with Gasteiger partial charge < -0.3 is 43.9 Å². The van der Waals surface area contributed by atoms with Gasteiger partial charge in [-0.05, 0) is 96.3 Å². The van der Waals surface area contributed by atoms with Crippen LogP contribution in [-0.2, 0) is 66.3 Å². The summed E-state index contributed by atoms with van der Waals surface area (Å²) in [4.78, 5) is 66.7. The number of hydrogen-bond donors (Lipinski definition) is 2. The third kappa shape index (κ3) is 9.59. The summed E-state index contributed by atoms with van der Waals surface area (Å²) in [5.74, 6) is -4.30. The first kappa shape index (κ1) is 44.3. The van der Waals surface area contributed by atoms with Gasteiger partial charge in [0.05, 0.1) is 12.2 Å². The van der Waals surface area contributed by atoms with Crippen molar-refractivity contribution in [2.75, 3.05) is 40.8 Å². The molecule has 2 saturated heterocycles. The zero-order valence-corrected chi connectivity index (χ0v) is 34.6. The van der Waals surface area contributed by atoms with Crippen molar-refractivity contribution in [3.05, 3.63) is 70.3 Å². The van der Waals surface area contributed by atoms with Crippen molar-refractivity contribution in [1.82, 2.24) is 15.1 Å². The van der Waals surface area contributed by atoms with Crippen molar-refractivity contribution in [1.29, 1.82) is 0 Å². The summed E-state index contributed by atoms with van der Waals surface area (Å²) in [5, 5.41) is 14.4. The molecular formula is C42H59N3O11. The normalized spacial score (nSPS) is 23.3. The monoisotopic (exact) mass is 781 g/mol. The van der Waals surface area contributed by atoms with E-state index in [2.05, 4.69) is 5.32 Å². The van der Waals surface area contributed by atoms with Gasteiger partial charge in [0.15, 0.2) is 17.8 Å². The van der Waals surface area contributed by atoms with E-state index in [4.69, 9.17) is 23.7 Å². The Morgan fingerprint density at radius 3 is 2.04 bits per heavy atom. The first-order valence-electron chi connectivity index (χ1n) is 19.0. The van der Waals surface area contributed by atoms with Gasteiger partial charge in [0, 0.05) is 52.9 Å². The van der Waals surface area contributed by atoms with E-state index in [0.29, 0.717) is 44.3 Å². The number of fused-ring (bicyclic) bond motifs is 2. The standard InChI is InChI=1S/C42H59N3O11/c1-26-15-20-33(42-37(55-29(4)48)35(53-27(2)46)36(54-28(3)47)41(56-42,25-52-42)40(7,8)51)24-32(26)23-31-18-16-30(17-19-31)13-12-14-34(49)45(11)39(5,6)38(50)43-21-22-44(9)10/h15-20,24,35-37,51H,12-14,21-23,25H2,1-11H3,(H,43,50)/t35-,36-,37+,41-,42-/m0/s1. The molecule has 14 heteroatoms. The predicted molar refractivity (Wildman–Crippen MR) is 206 cm³/mol. The van der Waals surface area contributed by atoms with E-state index in [9.17, 15) is 29.1 Å². The van der Waals surface area contributed by atoms with Crippen LogP contribution in [0.5, 0.6) is 0 Å². The number of aliphatic hydroxyl groups is 1. The molecule has 2 aromatic rings. The number of nitrogens with zero attached hydrogens (tertiary/aromatic N) is 2. The van der Waals surface area contributed by atoms with Gasteiger partial charge in [-0.2, -0.15) is 0 Å². The lowest BCUT2D eigenvalue weighted by Gasteiger charge is -2.52. The Hall–Kier alpha value is -4.37. The Balaban J connectivity index is 1.53. The summed E-state index contributed by atoms with van der Waals surface area (Å²) in [6, 6.07) is 13.6. The number of hydrogen-bond acceptors (Lipinski definition) is 12. The van der Waals surface area contributed by atoms with Crippen LogP contribution in [0.2, 0.25) is 0 Å². The number of carbonyl (C=O) groups excluding carboxylic acids is 5. The average molecular weight is 782 g/mol. The van der Waals surface area contributed by atoms with Gasteiger partial charge in [-0.25, -0.2) is 0 Å². The minimum atomic E-state index is -1.84. The van der Waals surface area contributed by atoms with Gasteiger partial charge >= 0.3 is 17.9 Å². The number of carbonyl (C=O) groups is 5. The van der Waals surface area contributed by atoms with Crippen molar-refractivity contribution in [2.45, 2.75) is 122 Å². The number of ether oxygens (including phenoxy) is 5. The molecule has 0 saturated carbocycles. The molecule has 0 unspecified atom stereocenters. The van der Waals surface area contributed by atoms with Gasteiger partial charge in [0.2, 0.25) is 23.7 Å². The number of benzene rings is 2. The summed E-state index contributed by atoms with van der Waals surface area (Å²) < 4.78 is 30.3. The Morgan fingerprint density at radius 1 is 0.875 bits per heavy atom. The van der Waals surface area contributed by atoms with Crippen LogP contribution in [0.15, 0.2) is 42.5 Å². The van der Waals surface area contributed by atoms with E-state index in [1.165, 1.54) is 39.5 Å². The SMILES string of the molecule is CC(=O)O[C@@H]1[C@@H](OC(C)=O)[C@@]2(c3ccc(C)c(Cc4ccc(CCCC(=O)N(C)C(C)(C)C(=O)NCCN(C)C)cc4)c3)OC[C@](C(C)(C)O)(O2)[C@H]1OC(C)=O. The summed E-state index contributed by atoms with van der Waals surface area (Å²) in [5.41, 5.74) is 0.0162. The Morgan fingerprint density at radius 2 is 1.46 bits per heavy atom. The minimum absolute atomic E-state index is 0.103. The lowest BCUT2D eigenvalue weighted by Crippen LogP contribution is -2.72. The van der Waals surface area contributed by atoms with E-state index in [1.807, 2.05) is 62.3 Å². The number of likely N-dealkylation sites (N-methyl/N-ethyl adjacent to an activating group) is 2. The quantitative estimate of drug-likeness (QED) is 0.189. The second kappa shape index (κ2) is 17.4. The van der Waals surface area contributed by atoms with E-state index in [-0.39, 0.29) is 18.4 Å². The summed E-state index contributed by atoms with van der Waals surface area (Å²) in [7, 11) is 5.53. The van der Waals surface area contributed by atoms with E-state index in [1.54, 1.807) is 27.0 Å². The van der Waals surface area contributed by atoms with Crippen LogP contribution in [0.3, 0.4) is 0 Å². The Kier molecular flexibility index (Phi) is 13.8. The van der Waals surface area contributed by atoms with Crippen LogP contribution < -0.4 is 5.32 Å². The highest BCUT2D eigenvalue weighted by molar-refractivity contribution is 5.90. The zero-order valence-electron chi connectivity index (χ0n) is 34.6. The molecule has 14 nitrogen and oxygen atoms in total. The van der Waals surface area contributed by atoms with Crippen LogP contribution in [0.25, 0.3) is 0 Å². The van der Waals surface area contributed by atoms with Gasteiger partial charge in [-0.15, -0.1) is 0 Å². The molecular weight excluding hydrogens is 722 g/mol. The largest absolute Gasteiger partial charge is 0.455 e. The van der Waals surface area contributed by atoms with Gasteiger partial charge in [0.1, 0.15) is 5.54 Å². The molecule has 0 radical (unpaired) electrons. The molecule has 2 bridgehead atoms. The molecule has 56 heavy (non-hydrogen) atoms. The third-order valence-electron chi connectivity index (χ3n) is 10.8. The smallest absolute Gasteiger partial charge is 0.303 e. The fourth-order valence-electron chi connectivity index (χ4n) is 7.21. The molecule has 4 rings (SSSR count). The number of esters is 3. The van der Waals surface area contributed by atoms with Gasteiger partial charge in [-0.3, -0.25) is 24.0 Å². The molecule has 0 aromatic heterocycles. The zero-order chi connectivity index (χ0) is 41.8. The summed E-state index contributed by atoms with van der Waals surface area (Å²) in [6.07, 6.45) is -2.07. The maximum absolute atomic E-state index is 13.0. The molecule has 2 aliphatic heterocycles. The topological polar surface area (TPSA) is 170 Å². The number of amides is 2. The van der Waals surface area contributed by atoms with Gasteiger partial charge in [-0.1, -0.05) is 36.4 Å². The highest BCUT2D eigenvalue weighted by atomic mass is 16.8. The van der Waals surface area contributed by atoms with Crippen molar-refractivity contribution >= 4 is 29.7 Å². The van der Waals surface area contributed by atoms with Crippen molar-refractivity contribution < 1.29 is 52.8 Å². The number of rotatable bonds is 16. The molecule has 2 heterocycles. The fourth-order valence-corrected chi connectivity index (χ4v) is 7.21.